The molecule has 1 aliphatic rings. The first-order chi connectivity index (χ1) is 15.2. The van der Waals surface area contributed by atoms with E-state index in [4.69, 9.17) is 0 Å². The fourth-order valence-corrected chi connectivity index (χ4v) is 3.35. The Kier molecular flexibility index (Phi) is 5.68. The lowest BCUT2D eigenvalue weighted by Gasteiger charge is -2.18. The molecule has 0 bridgehead atoms. The van der Waals surface area contributed by atoms with Crippen molar-refractivity contribution in [1.82, 2.24) is 15.0 Å². The van der Waals surface area contributed by atoms with Crippen LogP contribution in [0.25, 0.3) is 5.69 Å². The molecule has 4 rings (SSSR count). The second kappa shape index (κ2) is 8.45. The zero-order valence-electron chi connectivity index (χ0n) is 17.4. The van der Waals surface area contributed by atoms with Gasteiger partial charge in [-0.2, -0.15) is 13.2 Å². The van der Waals surface area contributed by atoms with Gasteiger partial charge in [0.1, 0.15) is 0 Å². The van der Waals surface area contributed by atoms with E-state index in [2.05, 4.69) is 25.9 Å². The first kappa shape index (κ1) is 21.5. The van der Waals surface area contributed by atoms with Crippen molar-refractivity contribution in [3.63, 3.8) is 0 Å². The number of fused-ring (bicyclic) bond motifs is 1. The summed E-state index contributed by atoms with van der Waals surface area (Å²) < 4.78 is 42.5. The average Bonchev–Trinajstić information content (AvgIpc) is 3.21. The van der Waals surface area contributed by atoms with Gasteiger partial charge in [0.25, 0.3) is 0 Å². The second-order valence-electron chi connectivity index (χ2n) is 7.87. The molecule has 3 aromatic rings. The van der Waals surface area contributed by atoms with Crippen LogP contribution in [0.1, 0.15) is 31.4 Å². The molecular formula is C22H21F3N6O. The molecule has 1 aliphatic heterocycles. The van der Waals surface area contributed by atoms with Crippen LogP contribution in [0.15, 0.2) is 53.8 Å². The number of hydrogen-bond acceptors (Lipinski definition) is 5. The number of aliphatic imine (C=N–C) groups is 1. The summed E-state index contributed by atoms with van der Waals surface area (Å²) in [5, 5.41) is 13.2. The van der Waals surface area contributed by atoms with Crippen LogP contribution in [-0.4, -0.2) is 33.2 Å². The monoisotopic (exact) mass is 442 g/mol. The smallest absolute Gasteiger partial charge is 0.384 e. The van der Waals surface area contributed by atoms with Gasteiger partial charge < -0.3 is 10.6 Å². The van der Waals surface area contributed by atoms with Gasteiger partial charge in [-0.25, -0.2) is 4.68 Å². The fourth-order valence-electron chi connectivity index (χ4n) is 3.35. The topological polar surface area (TPSA) is 84.2 Å². The Morgan fingerprint density at radius 1 is 1.22 bits per heavy atom. The molecule has 166 valence electrons. The summed E-state index contributed by atoms with van der Waals surface area (Å²) in [6, 6.07) is 9.49. The summed E-state index contributed by atoms with van der Waals surface area (Å²) in [6.45, 7) is 4.18. The maximum atomic E-state index is 13.7. The number of rotatable bonds is 5. The average molecular weight is 442 g/mol. The standard InChI is InChI=1S/C22H21F3N6O/c1-13(2)12-26-18-10-20-19(9-16(18)22(23,24)25)29-21(32)11-17(28-20)14-4-3-5-15(8-14)31-7-6-27-30-31/h3-10,13,26H,11-12H2,1-2H3,(H,29,32). The lowest BCUT2D eigenvalue weighted by Crippen LogP contribution is -2.17. The van der Waals surface area contributed by atoms with E-state index >= 15 is 0 Å². The molecule has 1 amide bonds. The predicted octanol–water partition coefficient (Wildman–Crippen LogP) is 4.82. The molecule has 0 saturated heterocycles. The number of amides is 1. The zero-order chi connectivity index (χ0) is 22.9. The van der Waals surface area contributed by atoms with E-state index in [-0.39, 0.29) is 29.4 Å². The third-order valence-corrected chi connectivity index (χ3v) is 4.87. The maximum absolute atomic E-state index is 13.7. The largest absolute Gasteiger partial charge is 0.418 e. The van der Waals surface area contributed by atoms with Crippen LogP contribution in [0.2, 0.25) is 0 Å². The van der Waals surface area contributed by atoms with Crippen molar-refractivity contribution in [2.45, 2.75) is 26.4 Å². The van der Waals surface area contributed by atoms with E-state index in [1.807, 2.05) is 19.9 Å². The molecule has 0 radical (unpaired) electrons. The van der Waals surface area contributed by atoms with Crippen molar-refractivity contribution >= 4 is 28.7 Å². The summed E-state index contributed by atoms with van der Waals surface area (Å²) in [6.07, 6.45) is -1.43. The molecule has 0 atom stereocenters. The molecule has 32 heavy (non-hydrogen) atoms. The highest BCUT2D eigenvalue weighted by atomic mass is 19.4. The van der Waals surface area contributed by atoms with Crippen LogP contribution < -0.4 is 10.6 Å². The van der Waals surface area contributed by atoms with E-state index in [1.165, 1.54) is 6.07 Å². The van der Waals surface area contributed by atoms with Crippen molar-refractivity contribution in [3.8, 4) is 5.69 Å². The molecule has 0 fully saturated rings. The van der Waals surface area contributed by atoms with Crippen LogP contribution >= 0.6 is 0 Å². The number of hydrogen-bond donors (Lipinski definition) is 2. The number of halogens is 3. The van der Waals surface area contributed by atoms with Gasteiger partial charge in [0.2, 0.25) is 5.91 Å². The Morgan fingerprint density at radius 2 is 2.03 bits per heavy atom. The molecular weight excluding hydrogens is 421 g/mol. The van der Waals surface area contributed by atoms with Crippen molar-refractivity contribution in [1.29, 1.82) is 0 Å². The third-order valence-electron chi connectivity index (χ3n) is 4.87. The number of anilines is 2. The fraction of sp³-hybridized carbons (Fsp3) is 0.273. The number of nitrogens with one attached hydrogen (secondary N) is 2. The Bertz CT molecular complexity index is 1170. The highest BCUT2D eigenvalue weighted by Gasteiger charge is 2.35. The zero-order valence-corrected chi connectivity index (χ0v) is 17.4. The summed E-state index contributed by atoms with van der Waals surface area (Å²) in [4.78, 5) is 17.1. The van der Waals surface area contributed by atoms with Gasteiger partial charge in [-0.1, -0.05) is 31.2 Å². The summed E-state index contributed by atoms with van der Waals surface area (Å²) in [5.41, 5.74) is 1.20. The van der Waals surface area contributed by atoms with Gasteiger partial charge in [0, 0.05) is 12.2 Å². The van der Waals surface area contributed by atoms with E-state index in [0.29, 0.717) is 17.8 Å². The van der Waals surface area contributed by atoms with Crippen molar-refractivity contribution in [2.75, 3.05) is 17.2 Å². The quantitative estimate of drug-likeness (QED) is 0.594. The van der Waals surface area contributed by atoms with Gasteiger partial charge in [0.05, 0.1) is 47.2 Å². The van der Waals surface area contributed by atoms with Crippen LogP contribution in [0, 0.1) is 5.92 Å². The van der Waals surface area contributed by atoms with E-state index in [0.717, 1.165) is 11.8 Å². The second-order valence-corrected chi connectivity index (χ2v) is 7.87. The number of alkyl halides is 3. The van der Waals surface area contributed by atoms with Gasteiger partial charge in [-0.15, -0.1) is 5.10 Å². The SMILES string of the molecule is CC(C)CNc1cc2c(cc1C(F)(F)F)NC(=O)CC(c1cccc(-n3ccnn3)c1)=N2. The van der Waals surface area contributed by atoms with Crippen LogP contribution in [0.4, 0.5) is 30.2 Å². The molecule has 1 aromatic heterocycles. The van der Waals surface area contributed by atoms with E-state index < -0.39 is 17.6 Å². The number of nitrogens with zero attached hydrogens (tertiary/aromatic N) is 4. The van der Waals surface area contributed by atoms with Gasteiger partial charge in [-0.05, 0) is 35.7 Å². The summed E-state index contributed by atoms with van der Waals surface area (Å²) in [7, 11) is 0. The number of benzene rings is 2. The third kappa shape index (κ3) is 4.63. The lowest BCUT2D eigenvalue weighted by atomic mass is 10.1. The van der Waals surface area contributed by atoms with E-state index in [1.54, 1.807) is 35.3 Å². The van der Waals surface area contributed by atoms with E-state index in [9.17, 15) is 18.0 Å². The molecule has 2 N–H and O–H groups in total. The number of aromatic nitrogens is 3. The van der Waals surface area contributed by atoms with Crippen molar-refractivity contribution < 1.29 is 18.0 Å². The first-order valence-corrected chi connectivity index (χ1v) is 10.0. The molecule has 10 heteroatoms. The number of carbonyl (C=O) groups excluding carboxylic acids is 1. The van der Waals surface area contributed by atoms with Crippen molar-refractivity contribution in [3.05, 3.63) is 59.9 Å². The van der Waals surface area contributed by atoms with Crippen LogP contribution in [0.5, 0.6) is 0 Å². The normalized spacial score (nSPS) is 13.9. The maximum Gasteiger partial charge on any atom is 0.418 e. The Hall–Kier alpha value is -3.69. The molecule has 0 aliphatic carbocycles. The summed E-state index contributed by atoms with van der Waals surface area (Å²) in [5.74, 6) is -0.294. The molecule has 0 spiro atoms. The minimum Gasteiger partial charge on any atom is -0.384 e. The minimum absolute atomic E-state index is 0.0276. The number of carbonyl (C=O) groups is 1. The predicted molar refractivity (Wildman–Crippen MR) is 116 cm³/mol. The van der Waals surface area contributed by atoms with Crippen LogP contribution in [-0.2, 0) is 11.0 Å². The molecule has 2 aromatic carbocycles. The molecule has 0 saturated carbocycles. The minimum atomic E-state index is -4.58. The van der Waals surface area contributed by atoms with Gasteiger partial charge in [0.15, 0.2) is 0 Å². The Balaban J connectivity index is 1.80. The highest BCUT2D eigenvalue weighted by Crippen LogP contribution is 2.42. The Morgan fingerprint density at radius 3 is 2.72 bits per heavy atom. The highest BCUT2D eigenvalue weighted by molar-refractivity contribution is 6.17. The molecule has 2 heterocycles. The van der Waals surface area contributed by atoms with Crippen molar-refractivity contribution in [2.24, 2.45) is 10.9 Å². The first-order valence-electron chi connectivity index (χ1n) is 10.0. The van der Waals surface area contributed by atoms with Gasteiger partial charge in [-0.3, -0.25) is 9.79 Å². The lowest BCUT2D eigenvalue weighted by molar-refractivity contribution is -0.137. The Labute approximate surface area is 182 Å². The van der Waals surface area contributed by atoms with Gasteiger partial charge >= 0.3 is 6.18 Å². The van der Waals surface area contributed by atoms with Crippen LogP contribution in [0.3, 0.4) is 0 Å². The molecule has 7 nitrogen and oxygen atoms in total. The summed E-state index contributed by atoms with van der Waals surface area (Å²) >= 11 is 0. The molecule has 0 unspecified atom stereocenters.